The fraction of sp³-hybridized carbons (Fsp3) is 0.267. The van der Waals surface area contributed by atoms with Crippen LogP contribution in [0.1, 0.15) is 74.5 Å². The van der Waals surface area contributed by atoms with E-state index in [-0.39, 0.29) is 12.3 Å². The monoisotopic (exact) mass is 734 g/mol. The van der Waals surface area contributed by atoms with Gasteiger partial charge in [0, 0.05) is 51.0 Å². The molecule has 262 valence electrons. The van der Waals surface area contributed by atoms with Gasteiger partial charge in [0.15, 0.2) is 0 Å². The van der Waals surface area contributed by atoms with E-state index in [4.69, 9.17) is 34.8 Å². The van der Waals surface area contributed by atoms with Gasteiger partial charge >= 0.3 is 0 Å². The van der Waals surface area contributed by atoms with E-state index in [0.29, 0.717) is 21.6 Å². The number of anilines is 1. The number of carbonyl (C=O) groups is 1. The molecule has 0 aromatic heterocycles. The fourth-order valence-corrected chi connectivity index (χ4v) is 7.65. The van der Waals surface area contributed by atoms with E-state index in [9.17, 15) is 4.79 Å². The predicted octanol–water partition coefficient (Wildman–Crippen LogP) is 13.0. The average molecular weight is 736 g/mol. The standard InChI is InChI=1S/C45H45Cl3N2O/c46-38-23-17-35(18-24-38)45(36-19-25-39(47)26-20-36,37-21-27-40(48)28-22-37)32-43(51)49-29-11-5-3-1-2-4-6-12-30-50-44-41-15-9-7-13-33(41)31-34-14-8-10-16-42(34)44/h7-10,13-28,31,50H,1-6,11-12,29-30,32H2,(H,49,51). The molecule has 0 spiro atoms. The third-order valence-electron chi connectivity index (χ3n) is 9.94. The number of fused-ring (bicyclic) bond motifs is 2. The second-order valence-corrected chi connectivity index (χ2v) is 14.7. The van der Waals surface area contributed by atoms with Gasteiger partial charge in [0.2, 0.25) is 5.91 Å². The van der Waals surface area contributed by atoms with E-state index in [1.807, 2.05) is 72.8 Å². The number of hydrogen-bond donors (Lipinski definition) is 2. The van der Waals surface area contributed by atoms with E-state index < -0.39 is 5.41 Å². The molecule has 0 saturated heterocycles. The zero-order chi connectivity index (χ0) is 35.5. The maximum absolute atomic E-state index is 13.7. The summed E-state index contributed by atoms with van der Waals surface area (Å²) in [6.45, 7) is 1.64. The summed E-state index contributed by atoms with van der Waals surface area (Å²) in [7, 11) is 0. The van der Waals surface area contributed by atoms with Crippen LogP contribution in [-0.2, 0) is 10.2 Å². The summed E-state index contributed by atoms with van der Waals surface area (Å²) in [6, 6.07) is 42.8. The molecule has 2 N–H and O–H groups in total. The predicted molar refractivity (Wildman–Crippen MR) is 219 cm³/mol. The molecular formula is C45H45Cl3N2O. The number of unbranched alkanes of at least 4 members (excludes halogenated alkanes) is 7. The molecule has 0 aliphatic heterocycles. The molecule has 0 unspecified atom stereocenters. The van der Waals surface area contributed by atoms with Gasteiger partial charge in [-0.2, -0.15) is 0 Å². The van der Waals surface area contributed by atoms with Crippen molar-refractivity contribution in [3.8, 4) is 0 Å². The summed E-state index contributed by atoms with van der Waals surface area (Å²) in [5.41, 5.74) is 3.43. The highest BCUT2D eigenvalue weighted by Crippen LogP contribution is 2.43. The van der Waals surface area contributed by atoms with Crippen LogP contribution < -0.4 is 10.6 Å². The number of benzene rings is 6. The average Bonchev–Trinajstić information content (AvgIpc) is 3.15. The quantitative estimate of drug-likeness (QED) is 0.0556. The van der Waals surface area contributed by atoms with E-state index in [1.54, 1.807) is 0 Å². The van der Waals surface area contributed by atoms with E-state index in [0.717, 1.165) is 42.5 Å². The van der Waals surface area contributed by atoms with Crippen LogP contribution in [0.4, 0.5) is 5.69 Å². The molecule has 6 heteroatoms. The first-order chi connectivity index (χ1) is 24.9. The van der Waals surface area contributed by atoms with Gasteiger partial charge in [0.05, 0.1) is 5.41 Å². The lowest BCUT2D eigenvalue weighted by molar-refractivity contribution is -0.121. The van der Waals surface area contributed by atoms with E-state index in [1.165, 1.54) is 59.3 Å². The molecule has 0 saturated carbocycles. The molecular weight excluding hydrogens is 691 g/mol. The second kappa shape index (κ2) is 18.0. The molecule has 0 aliphatic rings. The Hall–Kier alpha value is -4.02. The molecule has 6 aromatic carbocycles. The Morgan fingerprint density at radius 1 is 0.490 bits per heavy atom. The largest absolute Gasteiger partial charge is 0.384 e. The Labute approximate surface area is 317 Å². The van der Waals surface area contributed by atoms with Crippen LogP contribution in [0.5, 0.6) is 0 Å². The van der Waals surface area contributed by atoms with Crippen molar-refractivity contribution in [2.45, 2.75) is 63.2 Å². The molecule has 0 atom stereocenters. The van der Waals surface area contributed by atoms with Crippen molar-refractivity contribution in [2.24, 2.45) is 0 Å². The zero-order valence-electron chi connectivity index (χ0n) is 28.9. The second-order valence-electron chi connectivity index (χ2n) is 13.4. The van der Waals surface area contributed by atoms with Crippen molar-refractivity contribution in [1.29, 1.82) is 0 Å². The van der Waals surface area contributed by atoms with Gasteiger partial charge in [-0.15, -0.1) is 0 Å². The molecule has 6 aromatic rings. The molecule has 0 aliphatic carbocycles. The number of rotatable bonds is 17. The molecule has 1 amide bonds. The summed E-state index contributed by atoms with van der Waals surface area (Å²) >= 11 is 18.9. The number of hydrogen-bond acceptors (Lipinski definition) is 2. The molecule has 0 fully saturated rings. The SMILES string of the molecule is O=C(CC(c1ccc(Cl)cc1)(c1ccc(Cl)cc1)c1ccc(Cl)cc1)NCCCCCCCCCCNc1c2ccccc2cc2ccccc12. The highest BCUT2D eigenvalue weighted by molar-refractivity contribution is 6.31. The normalized spacial score (nSPS) is 11.6. The minimum atomic E-state index is -0.748. The van der Waals surface area contributed by atoms with Crippen LogP contribution in [-0.4, -0.2) is 19.0 Å². The molecule has 0 heterocycles. The van der Waals surface area contributed by atoms with Crippen LogP contribution in [0.3, 0.4) is 0 Å². The Kier molecular flexibility index (Phi) is 12.9. The van der Waals surface area contributed by atoms with Crippen LogP contribution in [0, 0.1) is 0 Å². The van der Waals surface area contributed by atoms with E-state index in [2.05, 4.69) is 65.2 Å². The van der Waals surface area contributed by atoms with Crippen molar-refractivity contribution in [2.75, 3.05) is 18.4 Å². The number of halogens is 3. The minimum absolute atomic E-state index is 0.0000396. The molecule has 6 rings (SSSR count). The maximum atomic E-state index is 13.7. The first kappa shape index (κ1) is 36.8. The van der Waals surface area contributed by atoms with Gasteiger partial charge in [0.25, 0.3) is 0 Å². The highest BCUT2D eigenvalue weighted by atomic mass is 35.5. The van der Waals surface area contributed by atoms with Crippen LogP contribution in [0.2, 0.25) is 15.1 Å². The van der Waals surface area contributed by atoms with Crippen LogP contribution >= 0.6 is 34.8 Å². The third kappa shape index (κ3) is 9.26. The van der Waals surface area contributed by atoms with Crippen LogP contribution in [0.15, 0.2) is 127 Å². The van der Waals surface area contributed by atoms with Crippen LogP contribution in [0.25, 0.3) is 21.5 Å². The molecule has 0 radical (unpaired) electrons. The summed E-state index contributed by atoms with van der Waals surface area (Å²) < 4.78 is 0. The van der Waals surface area contributed by atoms with E-state index >= 15 is 0 Å². The molecule has 3 nitrogen and oxygen atoms in total. The van der Waals surface area contributed by atoms with Crippen molar-refractivity contribution >= 4 is 67.9 Å². The summed E-state index contributed by atoms with van der Waals surface area (Å²) in [5.74, 6) is -0.0000396. The molecule has 0 bridgehead atoms. The first-order valence-corrected chi connectivity index (χ1v) is 19.3. The lowest BCUT2D eigenvalue weighted by Gasteiger charge is -2.35. The number of amides is 1. The zero-order valence-corrected chi connectivity index (χ0v) is 31.2. The van der Waals surface area contributed by atoms with Crippen molar-refractivity contribution in [3.05, 3.63) is 159 Å². The van der Waals surface area contributed by atoms with Gasteiger partial charge in [-0.1, -0.05) is 158 Å². The lowest BCUT2D eigenvalue weighted by atomic mass is 9.67. The van der Waals surface area contributed by atoms with Gasteiger partial charge in [-0.25, -0.2) is 0 Å². The van der Waals surface area contributed by atoms with Gasteiger partial charge in [-0.3, -0.25) is 4.79 Å². The maximum Gasteiger partial charge on any atom is 0.221 e. The Morgan fingerprint density at radius 2 is 0.882 bits per heavy atom. The Balaban J connectivity index is 0.948. The van der Waals surface area contributed by atoms with Crippen molar-refractivity contribution in [3.63, 3.8) is 0 Å². The highest BCUT2D eigenvalue weighted by Gasteiger charge is 2.38. The van der Waals surface area contributed by atoms with Gasteiger partial charge in [-0.05, 0) is 82.8 Å². The minimum Gasteiger partial charge on any atom is -0.384 e. The topological polar surface area (TPSA) is 41.1 Å². The van der Waals surface area contributed by atoms with Gasteiger partial charge in [0.1, 0.15) is 0 Å². The number of carbonyl (C=O) groups excluding carboxylic acids is 1. The smallest absolute Gasteiger partial charge is 0.221 e. The van der Waals surface area contributed by atoms with Crippen molar-refractivity contribution < 1.29 is 4.79 Å². The van der Waals surface area contributed by atoms with Crippen molar-refractivity contribution in [1.82, 2.24) is 5.32 Å². The lowest BCUT2D eigenvalue weighted by Crippen LogP contribution is -2.37. The number of nitrogens with one attached hydrogen (secondary N) is 2. The summed E-state index contributed by atoms with van der Waals surface area (Å²) in [5, 5.41) is 14.0. The third-order valence-corrected chi connectivity index (χ3v) is 10.7. The van der Waals surface area contributed by atoms with Gasteiger partial charge < -0.3 is 10.6 Å². The fourth-order valence-electron chi connectivity index (χ4n) is 7.27. The first-order valence-electron chi connectivity index (χ1n) is 18.1. The summed E-state index contributed by atoms with van der Waals surface area (Å²) in [6.07, 6.45) is 9.59. The Morgan fingerprint density at radius 3 is 1.33 bits per heavy atom. The summed E-state index contributed by atoms with van der Waals surface area (Å²) in [4.78, 5) is 13.7. The Bertz CT molecular complexity index is 1860. The molecule has 51 heavy (non-hydrogen) atoms.